The molecule has 1 aromatic carbocycles. The number of carboxylic acids is 1. The van der Waals surface area contributed by atoms with E-state index in [9.17, 15) is 9.18 Å². The lowest BCUT2D eigenvalue weighted by Crippen LogP contribution is -2.36. The molecule has 22 heavy (non-hydrogen) atoms. The Kier molecular flexibility index (Phi) is 4.00. The molecule has 1 N–H and O–H groups in total. The second-order valence-electron chi connectivity index (χ2n) is 5.34. The molecule has 5 nitrogen and oxygen atoms in total. The van der Waals surface area contributed by atoms with Crippen LogP contribution in [0.15, 0.2) is 36.8 Å². The summed E-state index contributed by atoms with van der Waals surface area (Å²) in [5, 5.41) is 9.07. The van der Waals surface area contributed by atoms with Gasteiger partial charge in [0.15, 0.2) is 0 Å². The molecule has 0 saturated carbocycles. The van der Waals surface area contributed by atoms with Crippen molar-refractivity contribution in [2.75, 3.05) is 18.0 Å². The van der Waals surface area contributed by atoms with Crippen LogP contribution < -0.4 is 4.90 Å². The van der Waals surface area contributed by atoms with Crippen LogP contribution >= 0.6 is 0 Å². The molecule has 3 rings (SSSR count). The topological polar surface area (TPSA) is 66.3 Å². The van der Waals surface area contributed by atoms with E-state index in [2.05, 4.69) is 9.97 Å². The first-order chi connectivity index (χ1) is 10.7. The van der Waals surface area contributed by atoms with Crippen LogP contribution in [0.5, 0.6) is 0 Å². The van der Waals surface area contributed by atoms with Gasteiger partial charge in [0.05, 0.1) is 23.5 Å². The summed E-state index contributed by atoms with van der Waals surface area (Å²) in [5.41, 5.74) is 1.72. The molecule has 1 fully saturated rings. The Bertz CT molecular complexity index is 685. The fourth-order valence-electron chi connectivity index (χ4n) is 2.78. The largest absolute Gasteiger partial charge is 0.481 e. The van der Waals surface area contributed by atoms with Gasteiger partial charge in [-0.2, -0.15) is 0 Å². The van der Waals surface area contributed by atoms with Crippen LogP contribution in [0.2, 0.25) is 0 Å². The molecule has 0 spiro atoms. The molecule has 0 bridgehead atoms. The number of anilines is 1. The van der Waals surface area contributed by atoms with E-state index in [1.165, 1.54) is 12.4 Å². The first kappa shape index (κ1) is 14.4. The normalized spacial score (nSPS) is 15.8. The molecule has 6 heteroatoms. The highest BCUT2D eigenvalue weighted by molar-refractivity contribution is 5.75. The number of benzene rings is 1. The number of aromatic nitrogens is 2. The Labute approximate surface area is 127 Å². The summed E-state index contributed by atoms with van der Waals surface area (Å²) < 4.78 is 14.0. The zero-order valence-corrected chi connectivity index (χ0v) is 11.9. The van der Waals surface area contributed by atoms with Crippen LogP contribution in [0.3, 0.4) is 0 Å². The van der Waals surface area contributed by atoms with E-state index in [1.807, 2.05) is 4.90 Å². The van der Waals surface area contributed by atoms with Gasteiger partial charge in [0, 0.05) is 18.7 Å². The van der Waals surface area contributed by atoms with Crippen LogP contribution in [0.1, 0.15) is 12.8 Å². The molecule has 0 radical (unpaired) electrons. The summed E-state index contributed by atoms with van der Waals surface area (Å²) in [7, 11) is 0. The Hall–Kier alpha value is -2.50. The van der Waals surface area contributed by atoms with E-state index in [4.69, 9.17) is 5.11 Å². The first-order valence-corrected chi connectivity index (χ1v) is 7.19. The van der Waals surface area contributed by atoms with Gasteiger partial charge in [-0.25, -0.2) is 14.4 Å². The van der Waals surface area contributed by atoms with Crippen molar-refractivity contribution in [3.63, 3.8) is 0 Å². The highest BCUT2D eigenvalue weighted by Gasteiger charge is 2.26. The van der Waals surface area contributed by atoms with Crippen LogP contribution in [-0.2, 0) is 4.79 Å². The number of piperidine rings is 1. The summed E-state index contributed by atoms with van der Waals surface area (Å²) in [4.78, 5) is 21.3. The molecule has 1 aliphatic rings. The molecular formula is C16H16FN3O2. The minimum atomic E-state index is -0.752. The lowest BCUT2D eigenvalue weighted by Gasteiger charge is -2.32. The summed E-state index contributed by atoms with van der Waals surface area (Å²) in [6.45, 7) is 1.21. The molecule has 1 saturated heterocycles. The predicted octanol–water partition coefficient (Wildman–Crippen LogP) is 2.58. The second-order valence-corrected chi connectivity index (χ2v) is 5.34. The maximum Gasteiger partial charge on any atom is 0.306 e. The van der Waals surface area contributed by atoms with Gasteiger partial charge in [0.2, 0.25) is 0 Å². The molecular weight excluding hydrogens is 285 g/mol. The maximum atomic E-state index is 14.0. The molecule has 114 valence electrons. The first-order valence-electron chi connectivity index (χ1n) is 7.19. The van der Waals surface area contributed by atoms with Gasteiger partial charge in [-0.1, -0.05) is 12.1 Å². The van der Waals surface area contributed by atoms with Crippen LogP contribution in [0.25, 0.3) is 11.3 Å². The van der Waals surface area contributed by atoms with Gasteiger partial charge < -0.3 is 10.0 Å². The molecule has 0 atom stereocenters. The van der Waals surface area contributed by atoms with Crippen molar-refractivity contribution in [1.29, 1.82) is 0 Å². The van der Waals surface area contributed by atoms with E-state index in [0.29, 0.717) is 37.2 Å². The third-order valence-corrected chi connectivity index (χ3v) is 4.01. The zero-order chi connectivity index (χ0) is 15.5. The van der Waals surface area contributed by atoms with Crippen molar-refractivity contribution in [2.24, 2.45) is 5.92 Å². The standard InChI is InChI=1S/C16H16FN3O2/c17-13-4-2-1-3-12(13)15-14(9-18-10-19-15)20-7-5-11(6-8-20)16(21)22/h1-4,9-11H,5-8H2,(H,21,22). The number of aliphatic carboxylic acids is 1. The molecule has 0 amide bonds. The van der Waals surface area contributed by atoms with E-state index >= 15 is 0 Å². The lowest BCUT2D eigenvalue weighted by molar-refractivity contribution is -0.142. The minimum absolute atomic E-state index is 0.308. The van der Waals surface area contributed by atoms with Gasteiger partial charge in [0.25, 0.3) is 0 Å². The van der Waals surface area contributed by atoms with Crippen molar-refractivity contribution in [1.82, 2.24) is 9.97 Å². The fraction of sp³-hybridized carbons (Fsp3) is 0.312. The van der Waals surface area contributed by atoms with E-state index in [-0.39, 0.29) is 11.7 Å². The van der Waals surface area contributed by atoms with Crippen LogP contribution in [0.4, 0.5) is 10.1 Å². The zero-order valence-electron chi connectivity index (χ0n) is 11.9. The maximum absolute atomic E-state index is 14.0. The van der Waals surface area contributed by atoms with E-state index in [1.54, 1.807) is 24.4 Å². The Morgan fingerprint density at radius 3 is 2.68 bits per heavy atom. The Morgan fingerprint density at radius 2 is 2.00 bits per heavy atom. The third kappa shape index (κ3) is 2.77. The average Bonchev–Trinajstić information content (AvgIpc) is 2.55. The smallest absolute Gasteiger partial charge is 0.306 e. The number of carbonyl (C=O) groups is 1. The Morgan fingerprint density at radius 1 is 1.27 bits per heavy atom. The van der Waals surface area contributed by atoms with Crippen LogP contribution in [0, 0.1) is 11.7 Å². The lowest BCUT2D eigenvalue weighted by atomic mass is 9.96. The number of nitrogens with zero attached hydrogens (tertiary/aromatic N) is 3. The van der Waals surface area contributed by atoms with Gasteiger partial charge in [-0.15, -0.1) is 0 Å². The number of hydrogen-bond acceptors (Lipinski definition) is 4. The molecule has 0 unspecified atom stereocenters. The molecule has 2 aromatic rings. The monoisotopic (exact) mass is 301 g/mol. The molecule has 1 aliphatic heterocycles. The predicted molar refractivity (Wildman–Crippen MR) is 80.0 cm³/mol. The van der Waals surface area contributed by atoms with Crippen LogP contribution in [-0.4, -0.2) is 34.1 Å². The van der Waals surface area contributed by atoms with Gasteiger partial charge >= 0.3 is 5.97 Å². The fourth-order valence-corrected chi connectivity index (χ4v) is 2.78. The SMILES string of the molecule is O=C(O)C1CCN(c2cncnc2-c2ccccc2F)CC1. The highest BCUT2D eigenvalue weighted by Crippen LogP contribution is 2.32. The Balaban J connectivity index is 1.90. The summed E-state index contributed by atoms with van der Waals surface area (Å²) in [5.74, 6) is -1.39. The van der Waals surface area contributed by atoms with Crippen molar-refractivity contribution >= 4 is 11.7 Å². The van der Waals surface area contributed by atoms with E-state index < -0.39 is 5.97 Å². The van der Waals surface area contributed by atoms with Crippen molar-refractivity contribution in [3.05, 3.63) is 42.6 Å². The number of hydrogen-bond donors (Lipinski definition) is 1. The molecule has 1 aromatic heterocycles. The quantitative estimate of drug-likeness (QED) is 0.944. The van der Waals surface area contributed by atoms with Crippen molar-refractivity contribution in [2.45, 2.75) is 12.8 Å². The number of rotatable bonds is 3. The summed E-state index contributed by atoms with van der Waals surface area (Å²) in [6, 6.07) is 6.49. The van der Waals surface area contributed by atoms with Gasteiger partial charge in [-0.05, 0) is 25.0 Å². The highest BCUT2D eigenvalue weighted by atomic mass is 19.1. The summed E-state index contributed by atoms with van der Waals surface area (Å²) in [6.07, 6.45) is 4.20. The van der Waals surface area contributed by atoms with Crippen molar-refractivity contribution in [3.8, 4) is 11.3 Å². The molecule has 0 aliphatic carbocycles. The van der Waals surface area contributed by atoms with Crippen molar-refractivity contribution < 1.29 is 14.3 Å². The number of halogens is 1. The van der Waals surface area contributed by atoms with Gasteiger partial charge in [0.1, 0.15) is 12.1 Å². The third-order valence-electron chi connectivity index (χ3n) is 4.01. The van der Waals surface area contributed by atoms with Gasteiger partial charge in [-0.3, -0.25) is 4.79 Å². The summed E-state index contributed by atoms with van der Waals surface area (Å²) >= 11 is 0. The molecule has 2 heterocycles. The van der Waals surface area contributed by atoms with E-state index in [0.717, 1.165) is 5.69 Å². The number of carboxylic acid groups (broad SMARTS) is 1. The average molecular weight is 301 g/mol. The minimum Gasteiger partial charge on any atom is -0.481 e. The second kappa shape index (κ2) is 6.09.